The van der Waals surface area contributed by atoms with Crippen molar-refractivity contribution >= 4 is 34.3 Å². The second-order valence-electron chi connectivity index (χ2n) is 9.90. The maximum Gasteiger partial charge on any atom is 0.410 e. The van der Waals surface area contributed by atoms with Gasteiger partial charge in [-0.3, -0.25) is 9.69 Å². The molecule has 1 N–H and O–H groups in total. The second-order valence-corrected chi connectivity index (χ2v) is 10.8. The Kier molecular flexibility index (Phi) is 7.09. The van der Waals surface area contributed by atoms with Crippen LogP contribution in [0, 0.1) is 0 Å². The second kappa shape index (κ2) is 9.87. The van der Waals surface area contributed by atoms with Crippen molar-refractivity contribution in [3.05, 3.63) is 23.6 Å². The van der Waals surface area contributed by atoms with Crippen LogP contribution in [0.15, 0.2) is 23.6 Å². The first-order valence-electron chi connectivity index (χ1n) is 11.7. The van der Waals surface area contributed by atoms with Crippen molar-refractivity contribution < 1.29 is 19.1 Å². The molecule has 34 heavy (non-hydrogen) atoms. The number of likely N-dealkylation sites (tertiary alicyclic amines) is 1. The van der Waals surface area contributed by atoms with E-state index in [1.54, 1.807) is 0 Å². The third-order valence-corrected chi connectivity index (χ3v) is 6.42. The highest BCUT2D eigenvalue weighted by Gasteiger charge is 2.37. The first-order chi connectivity index (χ1) is 16.1. The molecule has 2 aliphatic rings. The lowest BCUT2D eigenvalue weighted by Gasteiger charge is -2.36. The minimum Gasteiger partial charge on any atom is -0.444 e. The Morgan fingerprint density at radius 1 is 1.15 bits per heavy atom. The first kappa shape index (κ1) is 24.4. The molecule has 184 valence electrons. The fourth-order valence-electron chi connectivity index (χ4n) is 4.32. The minimum atomic E-state index is -0.607. The molecule has 0 bridgehead atoms. The molecule has 4 heterocycles. The molecular formula is C24H33N5O4S. The van der Waals surface area contributed by atoms with Gasteiger partial charge in [0.25, 0.3) is 0 Å². The summed E-state index contributed by atoms with van der Waals surface area (Å²) in [5.74, 6) is 0.638. The van der Waals surface area contributed by atoms with Gasteiger partial charge < -0.3 is 19.7 Å². The van der Waals surface area contributed by atoms with E-state index in [4.69, 9.17) is 14.5 Å². The predicted molar refractivity (Wildman–Crippen MR) is 132 cm³/mol. The van der Waals surface area contributed by atoms with E-state index in [1.807, 2.05) is 44.4 Å². The molecule has 1 unspecified atom stereocenters. The number of aromatic nitrogens is 2. The summed E-state index contributed by atoms with van der Waals surface area (Å²) in [5, 5.41) is 5.24. The maximum absolute atomic E-state index is 12.9. The van der Waals surface area contributed by atoms with Gasteiger partial charge in [0.05, 0.1) is 17.9 Å². The lowest BCUT2D eigenvalue weighted by Crippen LogP contribution is -2.45. The molecule has 10 heteroatoms. The lowest BCUT2D eigenvalue weighted by atomic mass is 10.2. The number of ether oxygens (including phenoxy) is 2. The number of morpholine rings is 1. The van der Waals surface area contributed by atoms with Gasteiger partial charge in [-0.15, -0.1) is 11.3 Å². The van der Waals surface area contributed by atoms with Crippen LogP contribution in [0.25, 0.3) is 11.4 Å². The normalized spacial score (nSPS) is 23.1. The number of nitrogens with zero attached hydrogens (tertiary/aromatic N) is 4. The Balaban J connectivity index is 1.43. The van der Waals surface area contributed by atoms with Crippen LogP contribution in [0.5, 0.6) is 0 Å². The van der Waals surface area contributed by atoms with Crippen molar-refractivity contribution in [2.45, 2.75) is 71.3 Å². The van der Waals surface area contributed by atoms with Crippen LogP contribution in [0.3, 0.4) is 0 Å². The molecule has 4 rings (SSSR count). The van der Waals surface area contributed by atoms with Gasteiger partial charge in [-0.05, 0) is 59.6 Å². The van der Waals surface area contributed by atoms with Gasteiger partial charge in [-0.25, -0.2) is 14.8 Å². The summed E-state index contributed by atoms with van der Waals surface area (Å²) in [6.07, 6.45) is 1.19. The van der Waals surface area contributed by atoms with Crippen molar-refractivity contribution in [3.8, 4) is 11.4 Å². The fourth-order valence-corrected chi connectivity index (χ4v) is 5.03. The van der Waals surface area contributed by atoms with Gasteiger partial charge in [0.2, 0.25) is 5.91 Å². The number of carbonyl (C=O) groups excluding carboxylic acids is 2. The summed E-state index contributed by atoms with van der Waals surface area (Å²) in [4.78, 5) is 38.6. The summed E-state index contributed by atoms with van der Waals surface area (Å²) in [6.45, 7) is 11.7. The number of hydrogen-bond acceptors (Lipinski definition) is 8. The zero-order valence-electron chi connectivity index (χ0n) is 20.4. The molecule has 2 aromatic rings. The molecule has 2 aliphatic heterocycles. The van der Waals surface area contributed by atoms with Crippen LogP contribution < -0.4 is 10.2 Å². The largest absolute Gasteiger partial charge is 0.444 e. The molecule has 2 fully saturated rings. The molecule has 2 saturated heterocycles. The number of carbonyl (C=O) groups is 2. The number of amides is 2. The van der Waals surface area contributed by atoms with Crippen LogP contribution >= 0.6 is 11.3 Å². The van der Waals surface area contributed by atoms with E-state index in [1.165, 1.54) is 16.2 Å². The van der Waals surface area contributed by atoms with Crippen LogP contribution in [0.1, 0.15) is 47.5 Å². The van der Waals surface area contributed by atoms with Crippen molar-refractivity contribution in [3.63, 3.8) is 0 Å². The lowest BCUT2D eigenvalue weighted by molar-refractivity contribution is -0.120. The molecule has 2 aromatic heterocycles. The number of nitrogens with one attached hydrogen (secondary N) is 1. The zero-order chi connectivity index (χ0) is 24.5. The fraction of sp³-hybridized carbons (Fsp3) is 0.583. The van der Waals surface area contributed by atoms with Crippen LogP contribution in [-0.4, -0.2) is 70.4 Å². The van der Waals surface area contributed by atoms with E-state index in [0.29, 0.717) is 23.8 Å². The van der Waals surface area contributed by atoms with Gasteiger partial charge in [0, 0.05) is 25.0 Å². The van der Waals surface area contributed by atoms with Crippen molar-refractivity contribution in [2.24, 2.45) is 0 Å². The van der Waals surface area contributed by atoms with Crippen molar-refractivity contribution in [1.82, 2.24) is 14.9 Å². The number of thiazole rings is 1. The molecule has 0 aromatic carbocycles. The Morgan fingerprint density at radius 2 is 1.88 bits per heavy atom. The van der Waals surface area contributed by atoms with Crippen molar-refractivity contribution in [1.29, 1.82) is 0 Å². The van der Waals surface area contributed by atoms with Crippen LogP contribution in [0.2, 0.25) is 0 Å². The van der Waals surface area contributed by atoms with Gasteiger partial charge in [0.15, 0.2) is 5.13 Å². The SMILES string of the molecule is C[C@@H]1CN(c2cccc(-c3csc(NC(=O)C4CCCN4C(=O)OC(C)(C)C)n3)n2)C[C@H](C)O1. The summed E-state index contributed by atoms with van der Waals surface area (Å²) >= 11 is 1.34. The maximum atomic E-state index is 12.9. The molecule has 3 atom stereocenters. The summed E-state index contributed by atoms with van der Waals surface area (Å²) in [6, 6.07) is 5.32. The Labute approximate surface area is 204 Å². The Bertz CT molecular complexity index is 1030. The molecule has 0 saturated carbocycles. The highest BCUT2D eigenvalue weighted by atomic mass is 32.1. The molecule has 0 spiro atoms. The van der Waals surface area contributed by atoms with E-state index in [0.717, 1.165) is 31.0 Å². The highest BCUT2D eigenvalue weighted by Crippen LogP contribution is 2.28. The van der Waals surface area contributed by atoms with Gasteiger partial charge >= 0.3 is 6.09 Å². The zero-order valence-corrected chi connectivity index (χ0v) is 21.2. The topological polar surface area (TPSA) is 96.9 Å². The van der Waals surface area contributed by atoms with E-state index in [-0.39, 0.29) is 18.1 Å². The molecule has 2 amide bonds. The predicted octanol–water partition coefficient (Wildman–Crippen LogP) is 4.16. The van der Waals surface area contributed by atoms with E-state index >= 15 is 0 Å². The smallest absolute Gasteiger partial charge is 0.410 e. The standard InChI is InChI=1S/C24H33N5O4S/c1-15-12-28(13-16(2)32-15)20-10-6-8-17(25-20)18-14-34-22(26-18)27-21(30)19-9-7-11-29(19)23(31)33-24(3,4)5/h6,8,10,14-16,19H,7,9,11-13H2,1-5H3,(H,26,27,30)/t15-,16+,19?. The third-order valence-electron chi connectivity index (χ3n) is 5.66. The van der Waals surface area contributed by atoms with Crippen LogP contribution in [-0.2, 0) is 14.3 Å². The minimum absolute atomic E-state index is 0.145. The quantitative estimate of drug-likeness (QED) is 0.692. The number of hydrogen-bond donors (Lipinski definition) is 1. The van der Waals surface area contributed by atoms with E-state index in [9.17, 15) is 9.59 Å². The first-order valence-corrected chi connectivity index (χ1v) is 12.6. The number of pyridine rings is 1. The Morgan fingerprint density at radius 3 is 2.59 bits per heavy atom. The third kappa shape index (κ3) is 5.85. The summed E-state index contributed by atoms with van der Waals surface area (Å²) < 4.78 is 11.3. The number of anilines is 2. The molecule has 0 radical (unpaired) electrons. The summed E-state index contributed by atoms with van der Waals surface area (Å²) in [7, 11) is 0. The monoisotopic (exact) mass is 487 g/mol. The average Bonchev–Trinajstić information content (AvgIpc) is 3.42. The van der Waals surface area contributed by atoms with Gasteiger partial charge in [0.1, 0.15) is 23.2 Å². The van der Waals surface area contributed by atoms with Gasteiger partial charge in [-0.1, -0.05) is 6.07 Å². The average molecular weight is 488 g/mol. The van der Waals surface area contributed by atoms with Gasteiger partial charge in [-0.2, -0.15) is 0 Å². The Hall–Kier alpha value is -2.72. The molecule has 9 nitrogen and oxygen atoms in total. The highest BCUT2D eigenvalue weighted by molar-refractivity contribution is 7.14. The van der Waals surface area contributed by atoms with Crippen molar-refractivity contribution in [2.75, 3.05) is 29.9 Å². The summed E-state index contributed by atoms with van der Waals surface area (Å²) in [5.41, 5.74) is 0.841. The molecular weight excluding hydrogens is 454 g/mol. The van der Waals surface area contributed by atoms with E-state index < -0.39 is 17.7 Å². The molecule has 0 aliphatic carbocycles. The van der Waals surface area contributed by atoms with Crippen LogP contribution in [0.4, 0.5) is 15.7 Å². The van der Waals surface area contributed by atoms with E-state index in [2.05, 4.69) is 29.0 Å². The number of rotatable bonds is 4.